The molecule has 0 amide bonds. The van der Waals surface area contributed by atoms with Crippen LogP contribution < -0.4 is 0 Å². The van der Waals surface area contributed by atoms with Crippen LogP contribution in [0.2, 0.25) is 0 Å². The fourth-order valence-electron chi connectivity index (χ4n) is 2.92. The molecule has 0 aliphatic carbocycles. The zero-order valence-corrected chi connectivity index (χ0v) is 14.9. The van der Waals surface area contributed by atoms with Gasteiger partial charge in [-0.15, -0.1) is 0 Å². The van der Waals surface area contributed by atoms with Crippen molar-refractivity contribution in [2.24, 2.45) is 5.92 Å². The summed E-state index contributed by atoms with van der Waals surface area (Å²) in [6, 6.07) is 0. The van der Waals surface area contributed by atoms with E-state index >= 15 is 0 Å². The molecule has 132 valence electrons. The smallest absolute Gasteiger partial charge is 0.342 e. The summed E-state index contributed by atoms with van der Waals surface area (Å²) < 4.78 is 30.2. The Labute approximate surface area is 135 Å². The molecule has 0 aromatic carbocycles. The monoisotopic (exact) mass is 336 g/mol. The van der Waals surface area contributed by atoms with Gasteiger partial charge in [-0.05, 0) is 5.92 Å². The van der Waals surface area contributed by atoms with Crippen molar-refractivity contribution in [3.63, 3.8) is 0 Å². The van der Waals surface area contributed by atoms with E-state index in [0.717, 1.165) is 12.8 Å². The fraction of sp³-hybridized carbons (Fsp3) is 1.00. The van der Waals surface area contributed by atoms with Crippen molar-refractivity contribution in [2.45, 2.75) is 96.9 Å². The van der Waals surface area contributed by atoms with Crippen molar-refractivity contribution in [1.29, 1.82) is 0 Å². The Kier molecular flexibility index (Phi) is 8.90. The van der Waals surface area contributed by atoms with Crippen LogP contribution in [0.5, 0.6) is 0 Å². The molecule has 0 bridgehead atoms. The number of hydrogen-bond donors (Lipinski definition) is 1. The van der Waals surface area contributed by atoms with Crippen LogP contribution in [0.1, 0.15) is 90.9 Å². The van der Waals surface area contributed by atoms with Crippen molar-refractivity contribution in [1.82, 2.24) is 0 Å². The second-order valence-corrected chi connectivity index (χ2v) is 7.72. The van der Waals surface area contributed by atoms with E-state index in [-0.39, 0.29) is 12.3 Å². The SMILES string of the molecule is CCCCCCCCCCCCC(C)CC1(O)OS(=O)(=O)O1. The van der Waals surface area contributed by atoms with Gasteiger partial charge in [-0.1, -0.05) is 84.5 Å². The molecule has 1 aliphatic heterocycles. The van der Waals surface area contributed by atoms with Gasteiger partial charge in [0.2, 0.25) is 0 Å². The van der Waals surface area contributed by atoms with E-state index in [1.165, 1.54) is 57.8 Å². The molecular weight excluding hydrogens is 304 g/mol. The lowest BCUT2D eigenvalue weighted by atomic mass is 9.98. The van der Waals surface area contributed by atoms with Crippen LogP contribution in [0.25, 0.3) is 0 Å². The first-order valence-corrected chi connectivity index (χ1v) is 10.1. The van der Waals surface area contributed by atoms with Crippen LogP contribution >= 0.6 is 0 Å². The second kappa shape index (κ2) is 9.85. The van der Waals surface area contributed by atoms with Crippen molar-refractivity contribution in [2.75, 3.05) is 0 Å². The van der Waals surface area contributed by atoms with Crippen LogP contribution in [0.3, 0.4) is 0 Å². The van der Waals surface area contributed by atoms with E-state index in [2.05, 4.69) is 15.3 Å². The van der Waals surface area contributed by atoms with Gasteiger partial charge in [0.1, 0.15) is 0 Å². The van der Waals surface area contributed by atoms with E-state index < -0.39 is 16.4 Å². The summed E-state index contributed by atoms with van der Waals surface area (Å²) in [7, 11) is -3.93. The van der Waals surface area contributed by atoms with Gasteiger partial charge in [0.25, 0.3) is 0 Å². The molecule has 6 heteroatoms. The van der Waals surface area contributed by atoms with Crippen LogP contribution in [-0.2, 0) is 18.8 Å². The standard InChI is InChI=1S/C16H32O5S/c1-3-4-5-6-7-8-9-10-11-12-13-15(2)14-16(17)20-22(18,19)21-16/h15,17H,3-14H2,1-2H3. The number of hydrogen-bond acceptors (Lipinski definition) is 5. The molecule has 1 atom stereocenters. The maximum Gasteiger partial charge on any atom is 0.409 e. The lowest BCUT2D eigenvalue weighted by molar-refractivity contribution is -0.333. The first-order valence-electron chi connectivity index (χ1n) is 8.75. The van der Waals surface area contributed by atoms with E-state index in [1.54, 1.807) is 0 Å². The maximum absolute atomic E-state index is 10.7. The number of unbranched alkanes of at least 4 members (excludes halogenated alkanes) is 9. The Bertz CT molecular complexity index is 381. The Hall–Kier alpha value is -0.170. The lowest BCUT2D eigenvalue weighted by Crippen LogP contribution is -2.51. The third kappa shape index (κ3) is 8.46. The molecule has 1 unspecified atom stereocenters. The van der Waals surface area contributed by atoms with Crippen LogP contribution in [0, 0.1) is 5.92 Å². The molecule has 0 aromatic rings. The minimum Gasteiger partial charge on any atom is -0.342 e. The Balaban J connectivity index is 1.90. The van der Waals surface area contributed by atoms with Gasteiger partial charge in [0, 0.05) is 6.42 Å². The summed E-state index contributed by atoms with van der Waals surface area (Å²) in [5.41, 5.74) is 0. The van der Waals surface area contributed by atoms with E-state index in [0.29, 0.717) is 0 Å². The van der Waals surface area contributed by atoms with Gasteiger partial charge < -0.3 is 5.11 Å². The predicted octanol–water partition coefficient (Wildman–Crippen LogP) is 4.26. The van der Waals surface area contributed by atoms with Crippen LogP contribution in [0.15, 0.2) is 0 Å². The molecule has 1 rings (SSSR count). The normalized spacial score (nSPS) is 20.5. The highest BCUT2D eigenvalue weighted by molar-refractivity contribution is 7.82. The largest absolute Gasteiger partial charge is 0.409 e. The van der Waals surface area contributed by atoms with Gasteiger partial charge >= 0.3 is 16.4 Å². The summed E-state index contributed by atoms with van der Waals surface area (Å²) in [4.78, 5) is 0. The molecule has 0 aromatic heterocycles. The van der Waals surface area contributed by atoms with E-state index in [4.69, 9.17) is 0 Å². The van der Waals surface area contributed by atoms with Crippen LogP contribution in [0.4, 0.5) is 0 Å². The van der Waals surface area contributed by atoms with Crippen molar-refractivity contribution < 1.29 is 21.9 Å². The summed E-state index contributed by atoms with van der Waals surface area (Å²) in [5, 5.41) is 9.65. The molecule has 22 heavy (non-hydrogen) atoms. The molecule has 1 N–H and O–H groups in total. The average molecular weight is 336 g/mol. The minimum atomic E-state index is -3.93. The highest BCUT2D eigenvalue weighted by Gasteiger charge is 2.51. The van der Waals surface area contributed by atoms with Crippen LogP contribution in [-0.4, -0.2) is 19.5 Å². The zero-order chi connectivity index (χ0) is 16.5. The zero-order valence-electron chi connectivity index (χ0n) is 14.1. The minimum absolute atomic E-state index is 0.176. The van der Waals surface area contributed by atoms with E-state index in [1.807, 2.05) is 6.92 Å². The topological polar surface area (TPSA) is 72.8 Å². The fourth-order valence-corrected chi connectivity index (χ4v) is 3.70. The Morgan fingerprint density at radius 3 is 1.82 bits per heavy atom. The average Bonchev–Trinajstić information content (AvgIpc) is 2.38. The number of rotatable bonds is 13. The van der Waals surface area contributed by atoms with E-state index in [9.17, 15) is 13.5 Å². The van der Waals surface area contributed by atoms with Crippen molar-refractivity contribution >= 4 is 10.4 Å². The van der Waals surface area contributed by atoms with Gasteiger partial charge in [0.05, 0.1) is 0 Å². The van der Waals surface area contributed by atoms with Gasteiger partial charge in [-0.2, -0.15) is 16.8 Å². The lowest BCUT2D eigenvalue weighted by Gasteiger charge is -2.35. The first-order chi connectivity index (χ1) is 10.4. The summed E-state index contributed by atoms with van der Waals surface area (Å²) >= 11 is 0. The van der Waals surface area contributed by atoms with Gasteiger partial charge in [-0.3, -0.25) is 0 Å². The molecule has 1 fully saturated rings. The Morgan fingerprint density at radius 2 is 1.36 bits per heavy atom. The predicted molar refractivity (Wildman–Crippen MR) is 86.3 cm³/mol. The highest BCUT2D eigenvalue weighted by atomic mass is 32.3. The third-order valence-electron chi connectivity index (χ3n) is 4.12. The molecule has 0 saturated carbocycles. The highest BCUT2D eigenvalue weighted by Crippen LogP contribution is 2.35. The van der Waals surface area contributed by atoms with Crippen molar-refractivity contribution in [3.05, 3.63) is 0 Å². The quantitative estimate of drug-likeness (QED) is 0.509. The molecule has 1 aliphatic rings. The number of aliphatic hydroxyl groups is 1. The maximum atomic E-state index is 10.7. The molecular formula is C16H32O5S. The summed E-state index contributed by atoms with van der Waals surface area (Å²) in [6.07, 6.45) is 14.1. The molecule has 5 nitrogen and oxygen atoms in total. The first kappa shape index (κ1) is 19.9. The molecule has 0 spiro atoms. The van der Waals surface area contributed by atoms with Gasteiger partial charge in [-0.25, -0.2) is 0 Å². The summed E-state index contributed by atoms with van der Waals surface area (Å²) in [6.45, 7) is 4.21. The van der Waals surface area contributed by atoms with Gasteiger partial charge in [0.15, 0.2) is 0 Å². The molecule has 1 saturated heterocycles. The Morgan fingerprint density at radius 1 is 0.909 bits per heavy atom. The van der Waals surface area contributed by atoms with Crippen molar-refractivity contribution in [3.8, 4) is 0 Å². The molecule has 1 heterocycles. The molecule has 0 radical (unpaired) electrons. The third-order valence-corrected chi connectivity index (χ3v) is 5.05. The summed E-state index contributed by atoms with van der Waals surface area (Å²) in [5.74, 6) is -1.74. The second-order valence-electron chi connectivity index (χ2n) is 6.57.